The van der Waals surface area contributed by atoms with E-state index in [1.165, 1.54) is 36.8 Å². The zero-order valence-corrected chi connectivity index (χ0v) is 14.1. The van der Waals surface area contributed by atoms with E-state index < -0.39 is 0 Å². The molecule has 116 valence electrons. The van der Waals surface area contributed by atoms with Crippen LogP contribution in [-0.4, -0.2) is 13.2 Å². The average Bonchev–Trinajstić information content (AvgIpc) is 3.09. The van der Waals surface area contributed by atoms with Crippen molar-refractivity contribution in [3.05, 3.63) is 27.2 Å². The third-order valence-electron chi connectivity index (χ3n) is 5.26. The Morgan fingerprint density at radius 1 is 1.24 bits per heavy atom. The molecule has 0 radical (unpaired) electrons. The highest BCUT2D eigenvalue weighted by molar-refractivity contribution is 6.43. The van der Waals surface area contributed by atoms with Gasteiger partial charge < -0.3 is 10.5 Å². The Morgan fingerprint density at radius 3 is 2.62 bits per heavy atom. The Kier molecular flexibility index (Phi) is 4.40. The molecule has 1 fully saturated rings. The molecule has 2 aliphatic rings. The predicted molar refractivity (Wildman–Crippen MR) is 88.5 cm³/mol. The number of hydrogen-bond donors (Lipinski definition) is 1. The number of halogens is 2. The van der Waals surface area contributed by atoms with E-state index in [4.69, 9.17) is 33.7 Å². The summed E-state index contributed by atoms with van der Waals surface area (Å²) in [6.45, 7) is 3.35. The first kappa shape index (κ1) is 15.5. The van der Waals surface area contributed by atoms with Crippen molar-refractivity contribution in [3.8, 4) is 5.75 Å². The Hall–Kier alpha value is -0.440. The molecule has 0 aromatic heterocycles. The number of benzene rings is 1. The van der Waals surface area contributed by atoms with Gasteiger partial charge in [0.25, 0.3) is 0 Å². The Labute approximate surface area is 136 Å². The minimum atomic E-state index is 0.332. The molecule has 1 unspecified atom stereocenters. The van der Waals surface area contributed by atoms with Gasteiger partial charge in [-0.2, -0.15) is 0 Å². The molecule has 2 N–H and O–H groups in total. The van der Waals surface area contributed by atoms with Gasteiger partial charge in [-0.05, 0) is 54.2 Å². The van der Waals surface area contributed by atoms with Crippen molar-refractivity contribution in [1.29, 1.82) is 0 Å². The molecule has 2 aliphatic carbocycles. The fraction of sp³-hybridized carbons (Fsp3) is 0.647. The second kappa shape index (κ2) is 5.98. The summed E-state index contributed by atoms with van der Waals surface area (Å²) in [4.78, 5) is 0. The van der Waals surface area contributed by atoms with E-state index in [0.29, 0.717) is 34.4 Å². The van der Waals surface area contributed by atoms with Crippen molar-refractivity contribution in [3.63, 3.8) is 0 Å². The highest BCUT2D eigenvalue weighted by Crippen LogP contribution is 2.52. The topological polar surface area (TPSA) is 35.2 Å². The van der Waals surface area contributed by atoms with Gasteiger partial charge in [0.05, 0.1) is 5.02 Å². The minimum Gasteiger partial charge on any atom is -0.491 e. The van der Waals surface area contributed by atoms with Crippen molar-refractivity contribution >= 4 is 23.2 Å². The summed E-state index contributed by atoms with van der Waals surface area (Å²) in [5.41, 5.74) is 8.38. The van der Waals surface area contributed by atoms with Crippen LogP contribution in [-0.2, 0) is 12.8 Å². The van der Waals surface area contributed by atoms with E-state index >= 15 is 0 Å². The van der Waals surface area contributed by atoms with Crippen molar-refractivity contribution in [1.82, 2.24) is 0 Å². The molecule has 1 aromatic rings. The molecule has 0 bridgehead atoms. The maximum Gasteiger partial charge on any atom is 0.139 e. The van der Waals surface area contributed by atoms with Crippen LogP contribution in [0, 0.1) is 11.3 Å². The molecule has 0 spiro atoms. The summed E-state index contributed by atoms with van der Waals surface area (Å²) in [6.07, 6.45) is 7.58. The van der Waals surface area contributed by atoms with Crippen molar-refractivity contribution in [2.75, 3.05) is 13.2 Å². The predicted octanol–water partition coefficient (Wildman–Crippen LogP) is 4.63. The number of hydrogen-bond acceptors (Lipinski definition) is 2. The third-order valence-corrected chi connectivity index (χ3v) is 6.15. The van der Waals surface area contributed by atoms with E-state index in [1.54, 1.807) is 0 Å². The van der Waals surface area contributed by atoms with E-state index in [2.05, 4.69) is 13.0 Å². The highest BCUT2D eigenvalue weighted by atomic mass is 35.5. The molecule has 21 heavy (non-hydrogen) atoms. The first-order chi connectivity index (χ1) is 10.0. The van der Waals surface area contributed by atoms with Gasteiger partial charge >= 0.3 is 0 Å². The quantitative estimate of drug-likeness (QED) is 0.875. The Bertz CT molecular complexity index is 540. The zero-order valence-electron chi connectivity index (χ0n) is 12.6. The van der Waals surface area contributed by atoms with Gasteiger partial charge in [-0.1, -0.05) is 43.0 Å². The maximum absolute atomic E-state index is 6.51. The van der Waals surface area contributed by atoms with Crippen molar-refractivity contribution in [2.45, 2.75) is 45.4 Å². The molecule has 1 aromatic carbocycles. The van der Waals surface area contributed by atoms with Crippen LogP contribution in [0.2, 0.25) is 10.0 Å². The monoisotopic (exact) mass is 327 g/mol. The van der Waals surface area contributed by atoms with Crippen LogP contribution in [0.5, 0.6) is 5.75 Å². The summed E-state index contributed by atoms with van der Waals surface area (Å²) >= 11 is 12.9. The molecule has 0 saturated heterocycles. The average molecular weight is 328 g/mol. The van der Waals surface area contributed by atoms with Crippen LogP contribution in [0.4, 0.5) is 0 Å². The Morgan fingerprint density at radius 2 is 1.95 bits per heavy atom. The van der Waals surface area contributed by atoms with E-state index in [-0.39, 0.29) is 0 Å². The molecule has 0 heterocycles. The van der Waals surface area contributed by atoms with Crippen LogP contribution >= 0.6 is 23.2 Å². The maximum atomic E-state index is 6.51. The fourth-order valence-electron chi connectivity index (χ4n) is 4.13. The van der Waals surface area contributed by atoms with E-state index in [1.807, 2.05) is 0 Å². The Balaban J connectivity index is 1.90. The summed E-state index contributed by atoms with van der Waals surface area (Å²) in [5, 5.41) is 1.22. The van der Waals surface area contributed by atoms with Crippen molar-refractivity contribution < 1.29 is 4.74 Å². The molecule has 0 amide bonds. The summed E-state index contributed by atoms with van der Waals surface area (Å²) < 4.78 is 5.64. The number of fused-ring (bicyclic) bond motifs is 1. The fourth-order valence-corrected chi connectivity index (χ4v) is 4.63. The summed E-state index contributed by atoms with van der Waals surface area (Å²) in [5.74, 6) is 1.50. The van der Waals surface area contributed by atoms with Gasteiger partial charge in [0, 0.05) is 6.54 Å². The van der Waals surface area contributed by atoms with Gasteiger partial charge in [0.1, 0.15) is 17.4 Å². The summed E-state index contributed by atoms with van der Waals surface area (Å²) in [6, 6.07) is 2.08. The molecule has 3 rings (SSSR count). The lowest BCUT2D eigenvalue weighted by Crippen LogP contribution is -2.26. The molecular formula is C17H23Cl2NO. The van der Waals surface area contributed by atoms with Gasteiger partial charge in [0.2, 0.25) is 0 Å². The van der Waals surface area contributed by atoms with Gasteiger partial charge in [-0.3, -0.25) is 0 Å². The minimum absolute atomic E-state index is 0.332. The highest BCUT2D eigenvalue weighted by Gasteiger charge is 2.42. The van der Waals surface area contributed by atoms with Gasteiger partial charge in [0.15, 0.2) is 0 Å². The molecule has 1 atom stereocenters. The van der Waals surface area contributed by atoms with Crippen LogP contribution in [0.15, 0.2) is 6.07 Å². The smallest absolute Gasteiger partial charge is 0.139 e. The molecule has 1 saturated carbocycles. The first-order valence-corrected chi connectivity index (χ1v) is 8.63. The number of ether oxygens (including phenoxy) is 1. The van der Waals surface area contributed by atoms with Gasteiger partial charge in [-0.25, -0.2) is 0 Å². The molecular weight excluding hydrogens is 305 g/mol. The van der Waals surface area contributed by atoms with Gasteiger partial charge in [-0.15, -0.1) is 0 Å². The SMILES string of the molecule is CC1(C2CCCC2)Cc2cc(OCCN)c(Cl)c(Cl)c2C1. The van der Waals surface area contributed by atoms with Crippen molar-refractivity contribution in [2.24, 2.45) is 17.1 Å². The van der Waals surface area contributed by atoms with Crippen LogP contribution in [0.25, 0.3) is 0 Å². The van der Waals surface area contributed by atoms with E-state index in [0.717, 1.165) is 18.8 Å². The summed E-state index contributed by atoms with van der Waals surface area (Å²) in [7, 11) is 0. The zero-order chi connectivity index (χ0) is 15.0. The second-order valence-corrected chi connectivity index (χ2v) is 7.52. The lowest BCUT2D eigenvalue weighted by Gasteiger charge is -2.31. The standard InChI is InChI=1S/C17H23Cl2NO/c1-17(12-4-2-3-5-12)9-11-8-14(21-7-6-20)16(19)15(18)13(11)10-17/h8,12H,2-7,9-10,20H2,1H3. The lowest BCUT2D eigenvalue weighted by molar-refractivity contribution is 0.203. The lowest BCUT2D eigenvalue weighted by atomic mass is 9.74. The third kappa shape index (κ3) is 2.78. The number of nitrogens with two attached hydrogens (primary N) is 1. The number of rotatable bonds is 4. The van der Waals surface area contributed by atoms with Crippen LogP contribution in [0.1, 0.15) is 43.7 Å². The van der Waals surface area contributed by atoms with Crippen LogP contribution in [0.3, 0.4) is 0 Å². The largest absolute Gasteiger partial charge is 0.491 e. The first-order valence-electron chi connectivity index (χ1n) is 7.88. The second-order valence-electron chi connectivity index (χ2n) is 6.77. The van der Waals surface area contributed by atoms with Crippen LogP contribution < -0.4 is 10.5 Å². The molecule has 4 heteroatoms. The molecule has 0 aliphatic heterocycles. The normalized spacial score (nSPS) is 25.3. The van der Waals surface area contributed by atoms with E-state index in [9.17, 15) is 0 Å². The molecule has 2 nitrogen and oxygen atoms in total.